The zero-order valence-corrected chi connectivity index (χ0v) is 16.2. The molecule has 6 nitrogen and oxygen atoms in total. The lowest BCUT2D eigenvalue weighted by atomic mass is 10.1. The van der Waals surface area contributed by atoms with Gasteiger partial charge in [0.15, 0.2) is 0 Å². The summed E-state index contributed by atoms with van der Waals surface area (Å²) in [5.41, 5.74) is 0.577. The van der Waals surface area contributed by atoms with Crippen LogP contribution < -0.4 is 10.9 Å². The molecule has 1 fully saturated rings. The first-order chi connectivity index (χ1) is 13.5. The van der Waals surface area contributed by atoms with Gasteiger partial charge in [-0.3, -0.25) is 9.69 Å². The van der Waals surface area contributed by atoms with Crippen molar-refractivity contribution in [1.82, 2.24) is 10.2 Å². The molecule has 0 aliphatic carbocycles. The van der Waals surface area contributed by atoms with Crippen molar-refractivity contribution < 1.29 is 13.6 Å². The van der Waals surface area contributed by atoms with Crippen molar-refractivity contribution in [2.75, 3.05) is 19.6 Å². The maximum absolute atomic E-state index is 12.9. The van der Waals surface area contributed by atoms with Crippen LogP contribution in [-0.2, 0) is 0 Å². The molecule has 2 aromatic heterocycles. The van der Waals surface area contributed by atoms with Crippen LogP contribution in [0.15, 0.2) is 50.0 Å². The zero-order valence-electron chi connectivity index (χ0n) is 16.2. The molecule has 1 N–H and O–H groups in total. The van der Waals surface area contributed by atoms with E-state index in [1.165, 1.54) is 0 Å². The topological polar surface area (TPSA) is 75.7 Å². The normalized spacial score (nSPS) is 15.8. The van der Waals surface area contributed by atoms with E-state index < -0.39 is 11.5 Å². The minimum absolute atomic E-state index is 0.0482. The Hall–Kier alpha value is -2.86. The molecular formula is C22H24N2O4. The fourth-order valence-corrected chi connectivity index (χ4v) is 3.94. The highest BCUT2D eigenvalue weighted by atomic mass is 16.4. The first-order valence-electron chi connectivity index (χ1n) is 9.65. The van der Waals surface area contributed by atoms with Crippen molar-refractivity contribution in [2.45, 2.75) is 32.7 Å². The number of hydrogen-bond acceptors (Lipinski definition) is 5. The van der Waals surface area contributed by atoms with E-state index >= 15 is 0 Å². The summed E-state index contributed by atoms with van der Waals surface area (Å²) < 4.78 is 11.2. The quantitative estimate of drug-likeness (QED) is 0.685. The summed E-state index contributed by atoms with van der Waals surface area (Å²) in [5, 5.41) is 3.70. The number of amides is 1. The van der Waals surface area contributed by atoms with E-state index in [1.54, 1.807) is 19.1 Å². The smallest absolute Gasteiger partial charge is 0.349 e. The minimum Gasteiger partial charge on any atom is -0.465 e. The first kappa shape index (κ1) is 18.5. The van der Waals surface area contributed by atoms with Gasteiger partial charge in [-0.2, -0.15) is 0 Å². The lowest BCUT2D eigenvalue weighted by Gasteiger charge is -2.26. The van der Waals surface area contributed by atoms with Crippen LogP contribution in [-0.4, -0.2) is 30.4 Å². The van der Waals surface area contributed by atoms with Crippen LogP contribution in [0.5, 0.6) is 0 Å². The van der Waals surface area contributed by atoms with Gasteiger partial charge in [0.05, 0.1) is 6.04 Å². The number of furan rings is 1. The number of carbonyl (C=O) groups excluding carboxylic acids is 1. The zero-order chi connectivity index (χ0) is 19.7. The summed E-state index contributed by atoms with van der Waals surface area (Å²) in [5.74, 6) is 1.27. The van der Waals surface area contributed by atoms with Crippen LogP contribution in [0.2, 0.25) is 0 Å². The van der Waals surface area contributed by atoms with Crippen LogP contribution in [0.3, 0.4) is 0 Å². The third-order valence-electron chi connectivity index (χ3n) is 5.43. The number of para-hydroxylation sites is 1. The van der Waals surface area contributed by atoms with Crippen LogP contribution in [0.4, 0.5) is 0 Å². The minimum atomic E-state index is -0.611. The number of aryl methyl sites for hydroxylation is 2. The molecule has 0 radical (unpaired) electrons. The molecule has 6 heteroatoms. The molecule has 1 atom stereocenters. The highest BCUT2D eigenvalue weighted by molar-refractivity contribution is 5.99. The Balaban J connectivity index is 1.59. The number of carbonyl (C=O) groups is 1. The molecule has 0 bridgehead atoms. The van der Waals surface area contributed by atoms with Gasteiger partial charge in [-0.05, 0) is 63.5 Å². The SMILES string of the molecule is Cc1ccc(C(CNC(=O)c2c(C)c3ccccc3oc2=O)N2CCCC2)o1. The van der Waals surface area contributed by atoms with E-state index in [-0.39, 0.29) is 11.6 Å². The predicted molar refractivity (Wildman–Crippen MR) is 107 cm³/mol. The Labute approximate surface area is 163 Å². The second-order valence-electron chi connectivity index (χ2n) is 7.30. The summed E-state index contributed by atoms with van der Waals surface area (Å²) in [4.78, 5) is 27.6. The van der Waals surface area contributed by atoms with Crippen molar-refractivity contribution in [2.24, 2.45) is 0 Å². The monoisotopic (exact) mass is 380 g/mol. The number of nitrogens with zero attached hydrogens (tertiary/aromatic N) is 1. The Morgan fingerprint density at radius 2 is 1.86 bits per heavy atom. The van der Waals surface area contributed by atoms with Gasteiger partial charge in [-0.1, -0.05) is 18.2 Å². The molecule has 28 heavy (non-hydrogen) atoms. The third kappa shape index (κ3) is 3.47. The van der Waals surface area contributed by atoms with E-state index in [1.807, 2.05) is 31.2 Å². The Morgan fingerprint density at radius 1 is 1.11 bits per heavy atom. The van der Waals surface area contributed by atoms with Crippen LogP contribution in [0, 0.1) is 13.8 Å². The van der Waals surface area contributed by atoms with Gasteiger partial charge in [-0.15, -0.1) is 0 Å². The van der Waals surface area contributed by atoms with E-state index in [4.69, 9.17) is 8.83 Å². The molecule has 0 saturated carbocycles. The van der Waals surface area contributed by atoms with Crippen molar-refractivity contribution in [3.05, 3.63) is 69.5 Å². The fraction of sp³-hybridized carbons (Fsp3) is 0.364. The van der Waals surface area contributed by atoms with Gasteiger partial charge >= 0.3 is 5.63 Å². The van der Waals surface area contributed by atoms with E-state index in [2.05, 4.69) is 10.2 Å². The lowest BCUT2D eigenvalue weighted by molar-refractivity contribution is 0.0929. The molecule has 1 aromatic carbocycles. The molecule has 4 rings (SSSR count). The molecular weight excluding hydrogens is 356 g/mol. The third-order valence-corrected chi connectivity index (χ3v) is 5.43. The summed E-state index contributed by atoms with van der Waals surface area (Å²) in [6, 6.07) is 11.1. The Morgan fingerprint density at radius 3 is 2.57 bits per heavy atom. The second-order valence-corrected chi connectivity index (χ2v) is 7.30. The number of benzene rings is 1. The summed E-state index contributed by atoms with van der Waals surface area (Å²) >= 11 is 0. The van der Waals surface area contributed by atoms with E-state index in [0.29, 0.717) is 17.7 Å². The largest absolute Gasteiger partial charge is 0.465 e. The van der Waals surface area contributed by atoms with Gasteiger partial charge in [0.25, 0.3) is 5.91 Å². The summed E-state index contributed by atoms with van der Waals surface area (Å²) in [6.07, 6.45) is 2.27. The lowest BCUT2D eigenvalue weighted by Crippen LogP contribution is -2.38. The number of hydrogen-bond donors (Lipinski definition) is 1. The Bertz CT molecular complexity index is 1060. The molecule has 3 aromatic rings. The average Bonchev–Trinajstić information content (AvgIpc) is 3.34. The van der Waals surface area contributed by atoms with Gasteiger partial charge < -0.3 is 14.2 Å². The molecule has 0 spiro atoms. The summed E-state index contributed by atoms with van der Waals surface area (Å²) in [7, 11) is 0. The molecule has 1 aliphatic heterocycles. The van der Waals surface area contributed by atoms with Gasteiger partial charge in [0.2, 0.25) is 0 Å². The molecule has 1 unspecified atom stereocenters. The number of nitrogens with one attached hydrogen (secondary N) is 1. The highest BCUT2D eigenvalue weighted by Gasteiger charge is 2.27. The van der Waals surface area contributed by atoms with Crippen molar-refractivity contribution in [1.29, 1.82) is 0 Å². The van der Waals surface area contributed by atoms with Crippen molar-refractivity contribution in [3.8, 4) is 0 Å². The molecule has 3 heterocycles. The molecule has 146 valence electrons. The highest BCUT2D eigenvalue weighted by Crippen LogP contribution is 2.26. The van der Waals surface area contributed by atoms with E-state index in [9.17, 15) is 9.59 Å². The van der Waals surface area contributed by atoms with Crippen LogP contribution in [0.1, 0.15) is 46.3 Å². The van der Waals surface area contributed by atoms with Crippen molar-refractivity contribution >= 4 is 16.9 Å². The molecule has 1 saturated heterocycles. The van der Waals surface area contributed by atoms with Crippen LogP contribution >= 0.6 is 0 Å². The number of fused-ring (bicyclic) bond motifs is 1. The summed E-state index contributed by atoms with van der Waals surface area (Å²) in [6.45, 7) is 6.00. The predicted octanol–water partition coefficient (Wildman–Crippen LogP) is 3.57. The molecule has 1 aliphatic rings. The number of rotatable bonds is 5. The van der Waals surface area contributed by atoms with Gasteiger partial charge in [-0.25, -0.2) is 4.79 Å². The standard InChI is InChI=1S/C22H24N2O4/c1-14-9-10-19(27-14)17(24-11-5-6-12-24)13-23-21(25)20-15(2)16-7-3-4-8-18(16)28-22(20)26/h3-4,7-10,17H,5-6,11-13H2,1-2H3,(H,23,25). The second kappa shape index (κ2) is 7.64. The van der Waals surface area contributed by atoms with Crippen LogP contribution in [0.25, 0.3) is 11.0 Å². The van der Waals surface area contributed by atoms with Gasteiger partial charge in [0, 0.05) is 11.9 Å². The fourth-order valence-electron chi connectivity index (χ4n) is 3.94. The number of likely N-dealkylation sites (tertiary alicyclic amines) is 1. The average molecular weight is 380 g/mol. The maximum Gasteiger partial charge on any atom is 0.349 e. The Kier molecular flexibility index (Phi) is 5.05. The van der Waals surface area contributed by atoms with Crippen molar-refractivity contribution in [3.63, 3.8) is 0 Å². The first-order valence-corrected chi connectivity index (χ1v) is 9.65. The van der Waals surface area contributed by atoms with Gasteiger partial charge in [0.1, 0.15) is 22.7 Å². The molecule has 1 amide bonds. The maximum atomic E-state index is 12.9. The van der Waals surface area contributed by atoms with E-state index in [0.717, 1.165) is 42.8 Å².